The molecule has 1 aliphatic heterocycles. The zero-order valence-electron chi connectivity index (χ0n) is 13.6. The van der Waals surface area contributed by atoms with Crippen molar-refractivity contribution in [2.75, 3.05) is 6.61 Å². The van der Waals surface area contributed by atoms with E-state index >= 15 is 0 Å². The molecule has 1 amide bonds. The van der Waals surface area contributed by atoms with E-state index in [2.05, 4.69) is 29.5 Å². The highest BCUT2D eigenvalue weighted by Crippen LogP contribution is 2.25. The molecule has 1 aromatic heterocycles. The van der Waals surface area contributed by atoms with Crippen LogP contribution in [0.25, 0.3) is 0 Å². The fourth-order valence-corrected chi connectivity index (χ4v) is 3.00. The number of nitrogens with one attached hydrogen (secondary N) is 1. The van der Waals surface area contributed by atoms with Gasteiger partial charge in [0.15, 0.2) is 5.69 Å². The minimum Gasteiger partial charge on any atom is -0.476 e. The van der Waals surface area contributed by atoms with Gasteiger partial charge < -0.3 is 15.2 Å². The summed E-state index contributed by atoms with van der Waals surface area (Å²) in [6.07, 6.45) is 5.18. The predicted molar refractivity (Wildman–Crippen MR) is 82.0 cm³/mol. The lowest BCUT2D eigenvalue weighted by Gasteiger charge is -2.34. The number of amides is 1. The van der Waals surface area contributed by atoms with Gasteiger partial charge in [0.05, 0.1) is 12.3 Å². The summed E-state index contributed by atoms with van der Waals surface area (Å²) in [4.78, 5) is 22.8. The van der Waals surface area contributed by atoms with Crippen LogP contribution in [0.1, 0.15) is 50.0 Å². The van der Waals surface area contributed by atoms with E-state index in [1.165, 1.54) is 10.9 Å². The SMILES string of the molecule is CCC(CC)C1CC(NC(=O)Cn2cc(C(=O)O)nn2)CCO1. The highest BCUT2D eigenvalue weighted by atomic mass is 16.5. The molecule has 2 unspecified atom stereocenters. The first-order valence-electron chi connectivity index (χ1n) is 8.07. The molecular weight excluding hydrogens is 300 g/mol. The zero-order valence-corrected chi connectivity index (χ0v) is 13.6. The molecule has 8 nitrogen and oxygen atoms in total. The molecule has 0 spiro atoms. The van der Waals surface area contributed by atoms with Gasteiger partial charge in [0.25, 0.3) is 0 Å². The Morgan fingerprint density at radius 3 is 2.83 bits per heavy atom. The maximum Gasteiger partial charge on any atom is 0.358 e. The van der Waals surface area contributed by atoms with Gasteiger partial charge in [-0.1, -0.05) is 31.9 Å². The summed E-state index contributed by atoms with van der Waals surface area (Å²) in [6.45, 7) is 4.93. The second kappa shape index (κ2) is 8.05. The molecule has 0 saturated carbocycles. The number of carboxylic acids is 1. The Bertz CT molecular complexity index is 541. The van der Waals surface area contributed by atoms with Crippen LogP contribution in [0.15, 0.2) is 6.20 Å². The predicted octanol–water partition coefficient (Wildman–Crippen LogP) is 1.08. The molecule has 23 heavy (non-hydrogen) atoms. The van der Waals surface area contributed by atoms with Crippen molar-refractivity contribution < 1.29 is 19.4 Å². The Morgan fingerprint density at radius 2 is 2.22 bits per heavy atom. The normalized spacial score (nSPS) is 21.3. The summed E-state index contributed by atoms with van der Waals surface area (Å²) >= 11 is 0. The van der Waals surface area contributed by atoms with Crippen LogP contribution in [0, 0.1) is 5.92 Å². The number of hydrogen-bond acceptors (Lipinski definition) is 5. The number of ether oxygens (including phenoxy) is 1. The molecule has 128 valence electrons. The topological polar surface area (TPSA) is 106 Å². The molecule has 1 fully saturated rings. The van der Waals surface area contributed by atoms with Crippen LogP contribution in [0.5, 0.6) is 0 Å². The highest BCUT2D eigenvalue weighted by Gasteiger charge is 2.28. The molecule has 0 bridgehead atoms. The number of hydrogen-bond donors (Lipinski definition) is 2. The maximum absolute atomic E-state index is 12.1. The number of aromatic carboxylic acids is 1. The van der Waals surface area contributed by atoms with Crippen LogP contribution in [-0.4, -0.2) is 50.7 Å². The van der Waals surface area contributed by atoms with Crippen molar-refractivity contribution in [2.24, 2.45) is 5.92 Å². The van der Waals surface area contributed by atoms with Crippen LogP contribution < -0.4 is 5.32 Å². The van der Waals surface area contributed by atoms with Gasteiger partial charge in [-0.3, -0.25) is 4.79 Å². The van der Waals surface area contributed by atoms with E-state index < -0.39 is 5.97 Å². The quantitative estimate of drug-likeness (QED) is 0.777. The largest absolute Gasteiger partial charge is 0.476 e. The van der Waals surface area contributed by atoms with E-state index in [0.29, 0.717) is 12.5 Å². The number of carbonyl (C=O) groups excluding carboxylic acids is 1. The van der Waals surface area contributed by atoms with E-state index in [9.17, 15) is 9.59 Å². The first kappa shape index (κ1) is 17.4. The van der Waals surface area contributed by atoms with Crippen LogP contribution >= 0.6 is 0 Å². The Balaban J connectivity index is 1.85. The van der Waals surface area contributed by atoms with Gasteiger partial charge in [-0.15, -0.1) is 5.10 Å². The summed E-state index contributed by atoms with van der Waals surface area (Å²) in [5, 5.41) is 18.9. The third-order valence-corrected chi connectivity index (χ3v) is 4.32. The molecule has 2 heterocycles. The highest BCUT2D eigenvalue weighted by molar-refractivity contribution is 5.84. The Labute approximate surface area is 135 Å². The fraction of sp³-hybridized carbons (Fsp3) is 0.733. The number of nitrogens with zero attached hydrogens (tertiary/aromatic N) is 3. The van der Waals surface area contributed by atoms with E-state index in [-0.39, 0.29) is 30.3 Å². The monoisotopic (exact) mass is 324 g/mol. The first-order chi connectivity index (χ1) is 11.0. The van der Waals surface area contributed by atoms with E-state index in [0.717, 1.165) is 25.7 Å². The van der Waals surface area contributed by atoms with Crippen LogP contribution in [0.2, 0.25) is 0 Å². The van der Waals surface area contributed by atoms with Gasteiger partial charge in [-0.05, 0) is 18.8 Å². The number of aromatic nitrogens is 3. The Hall–Kier alpha value is -1.96. The van der Waals surface area contributed by atoms with Gasteiger partial charge in [0.1, 0.15) is 6.54 Å². The van der Waals surface area contributed by atoms with E-state index in [4.69, 9.17) is 9.84 Å². The Kier molecular flexibility index (Phi) is 6.09. The molecule has 2 rings (SSSR count). The second-order valence-corrected chi connectivity index (χ2v) is 5.88. The van der Waals surface area contributed by atoms with E-state index in [1.54, 1.807) is 0 Å². The molecule has 1 saturated heterocycles. The first-order valence-corrected chi connectivity index (χ1v) is 8.07. The molecule has 1 aliphatic rings. The lowest BCUT2D eigenvalue weighted by atomic mass is 9.89. The summed E-state index contributed by atoms with van der Waals surface area (Å²) in [7, 11) is 0. The summed E-state index contributed by atoms with van der Waals surface area (Å²) in [5.74, 6) is -0.834. The van der Waals surface area contributed by atoms with Gasteiger partial charge in [0, 0.05) is 12.6 Å². The van der Waals surface area contributed by atoms with Crippen molar-refractivity contribution in [3.05, 3.63) is 11.9 Å². The molecule has 2 N–H and O–H groups in total. The minimum atomic E-state index is -1.16. The average Bonchev–Trinajstić information content (AvgIpc) is 2.97. The van der Waals surface area contributed by atoms with Crippen molar-refractivity contribution >= 4 is 11.9 Å². The van der Waals surface area contributed by atoms with Crippen molar-refractivity contribution in [2.45, 2.75) is 58.2 Å². The van der Waals surface area contributed by atoms with Crippen molar-refractivity contribution in [1.82, 2.24) is 20.3 Å². The zero-order chi connectivity index (χ0) is 16.8. The molecule has 0 aliphatic carbocycles. The van der Waals surface area contributed by atoms with Gasteiger partial charge in [-0.25, -0.2) is 9.48 Å². The van der Waals surface area contributed by atoms with Crippen molar-refractivity contribution in [3.63, 3.8) is 0 Å². The maximum atomic E-state index is 12.1. The lowest BCUT2D eigenvalue weighted by molar-refractivity contribution is -0.124. The third kappa shape index (κ3) is 4.75. The number of rotatable bonds is 7. The number of carbonyl (C=O) groups is 2. The second-order valence-electron chi connectivity index (χ2n) is 5.88. The molecular formula is C15H24N4O4. The average molecular weight is 324 g/mol. The standard InChI is InChI=1S/C15H24N4O4/c1-3-10(4-2)13-7-11(5-6-23-13)16-14(20)9-19-8-12(15(21)22)17-18-19/h8,10-11,13H,3-7,9H2,1-2H3,(H,16,20)(H,21,22). The third-order valence-electron chi connectivity index (χ3n) is 4.32. The summed E-state index contributed by atoms with van der Waals surface area (Å²) < 4.78 is 7.07. The van der Waals surface area contributed by atoms with Gasteiger partial charge >= 0.3 is 5.97 Å². The molecule has 1 aromatic rings. The smallest absolute Gasteiger partial charge is 0.358 e. The fourth-order valence-electron chi connectivity index (χ4n) is 3.00. The number of carboxylic acid groups (broad SMARTS) is 1. The lowest BCUT2D eigenvalue weighted by Crippen LogP contribution is -2.45. The summed E-state index contributed by atoms with van der Waals surface area (Å²) in [6, 6.07) is 0.0873. The Morgan fingerprint density at radius 1 is 1.48 bits per heavy atom. The van der Waals surface area contributed by atoms with E-state index in [1.807, 2.05) is 0 Å². The minimum absolute atomic E-state index is 0.0344. The summed E-state index contributed by atoms with van der Waals surface area (Å²) in [5.41, 5.74) is -0.169. The van der Waals surface area contributed by atoms with Crippen molar-refractivity contribution in [1.29, 1.82) is 0 Å². The molecule has 0 aromatic carbocycles. The van der Waals surface area contributed by atoms with Crippen LogP contribution in [-0.2, 0) is 16.1 Å². The van der Waals surface area contributed by atoms with Gasteiger partial charge in [-0.2, -0.15) is 0 Å². The molecule has 8 heteroatoms. The van der Waals surface area contributed by atoms with Crippen LogP contribution in [0.3, 0.4) is 0 Å². The van der Waals surface area contributed by atoms with Gasteiger partial charge in [0.2, 0.25) is 5.91 Å². The van der Waals surface area contributed by atoms with Crippen LogP contribution in [0.4, 0.5) is 0 Å². The van der Waals surface area contributed by atoms with Crippen molar-refractivity contribution in [3.8, 4) is 0 Å². The molecule has 2 atom stereocenters. The molecule has 0 radical (unpaired) electrons.